The van der Waals surface area contributed by atoms with E-state index >= 15 is 0 Å². The standard InChI is InChI=1S/C18H17Cl2N5O/c1-2-15(10-6-7-13(19)14(20)8-10)25(22)18-12-5-3-4-11(17(21)26)16(12)23-9-24-18/h3-9,15H,2,22H2,1H3,(H2,21,26). The molecule has 3 aromatic rings. The fourth-order valence-electron chi connectivity index (χ4n) is 2.94. The molecular formula is C18H17Cl2N5O. The lowest BCUT2D eigenvalue weighted by molar-refractivity contribution is 0.100. The Morgan fingerprint density at radius 2 is 1.96 bits per heavy atom. The Labute approximate surface area is 160 Å². The van der Waals surface area contributed by atoms with Gasteiger partial charge in [-0.15, -0.1) is 0 Å². The van der Waals surface area contributed by atoms with Gasteiger partial charge >= 0.3 is 0 Å². The number of nitrogens with zero attached hydrogens (tertiary/aromatic N) is 3. The molecule has 1 aromatic heterocycles. The zero-order chi connectivity index (χ0) is 18.8. The molecule has 1 amide bonds. The van der Waals surface area contributed by atoms with Crippen LogP contribution in [-0.2, 0) is 0 Å². The van der Waals surface area contributed by atoms with E-state index in [4.69, 9.17) is 34.8 Å². The largest absolute Gasteiger partial charge is 0.366 e. The summed E-state index contributed by atoms with van der Waals surface area (Å²) in [6.07, 6.45) is 2.07. The molecule has 1 unspecified atom stereocenters. The van der Waals surface area contributed by atoms with E-state index in [-0.39, 0.29) is 6.04 Å². The number of hydrogen-bond donors (Lipinski definition) is 2. The van der Waals surface area contributed by atoms with Crippen molar-refractivity contribution in [3.63, 3.8) is 0 Å². The third-order valence-electron chi connectivity index (χ3n) is 4.20. The predicted molar refractivity (Wildman–Crippen MR) is 104 cm³/mol. The lowest BCUT2D eigenvalue weighted by Crippen LogP contribution is -2.36. The summed E-state index contributed by atoms with van der Waals surface area (Å²) >= 11 is 12.2. The summed E-state index contributed by atoms with van der Waals surface area (Å²) in [5, 5.41) is 3.13. The second kappa shape index (κ2) is 7.45. The number of amides is 1. The van der Waals surface area contributed by atoms with E-state index in [2.05, 4.69) is 9.97 Å². The number of primary amides is 1. The van der Waals surface area contributed by atoms with Crippen molar-refractivity contribution in [2.24, 2.45) is 11.6 Å². The fourth-order valence-corrected chi connectivity index (χ4v) is 3.25. The van der Waals surface area contributed by atoms with Crippen molar-refractivity contribution in [1.29, 1.82) is 0 Å². The van der Waals surface area contributed by atoms with Gasteiger partial charge in [-0.05, 0) is 36.2 Å². The number of anilines is 1. The number of para-hydroxylation sites is 1. The first-order valence-electron chi connectivity index (χ1n) is 7.96. The summed E-state index contributed by atoms with van der Waals surface area (Å²) in [6, 6.07) is 10.4. The molecule has 0 spiro atoms. The van der Waals surface area contributed by atoms with Gasteiger partial charge in [-0.2, -0.15) is 0 Å². The minimum atomic E-state index is -0.555. The molecule has 0 aliphatic carbocycles. The summed E-state index contributed by atoms with van der Waals surface area (Å²) in [5.74, 6) is 6.35. The van der Waals surface area contributed by atoms with Crippen molar-refractivity contribution in [3.8, 4) is 0 Å². The number of carbonyl (C=O) groups is 1. The van der Waals surface area contributed by atoms with Crippen LogP contribution in [0.4, 0.5) is 5.82 Å². The molecule has 0 saturated carbocycles. The Morgan fingerprint density at radius 3 is 2.62 bits per heavy atom. The van der Waals surface area contributed by atoms with Crippen LogP contribution in [0.2, 0.25) is 10.0 Å². The van der Waals surface area contributed by atoms with Gasteiger partial charge in [0.05, 0.1) is 27.2 Å². The number of hydrazine groups is 1. The number of benzene rings is 2. The van der Waals surface area contributed by atoms with Crippen LogP contribution in [0.5, 0.6) is 0 Å². The van der Waals surface area contributed by atoms with Crippen LogP contribution >= 0.6 is 23.2 Å². The second-order valence-corrected chi connectivity index (χ2v) is 6.58. The van der Waals surface area contributed by atoms with Crippen molar-refractivity contribution >= 4 is 45.8 Å². The first kappa shape index (κ1) is 18.4. The van der Waals surface area contributed by atoms with Crippen LogP contribution < -0.4 is 16.6 Å². The molecular weight excluding hydrogens is 373 g/mol. The van der Waals surface area contributed by atoms with E-state index in [1.54, 1.807) is 35.3 Å². The van der Waals surface area contributed by atoms with Gasteiger partial charge in [0.1, 0.15) is 6.33 Å². The third kappa shape index (κ3) is 3.31. The van der Waals surface area contributed by atoms with Crippen molar-refractivity contribution in [1.82, 2.24) is 9.97 Å². The number of aromatic nitrogens is 2. The molecule has 6 nitrogen and oxygen atoms in total. The third-order valence-corrected chi connectivity index (χ3v) is 4.94. The summed E-state index contributed by atoms with van der Waals surface area (Å²) in [6.45, 7) is 2.01. The molecule has 3 rings (SSSR count). The van der Waals surface area contributed by atoms with E-state index in [9.17, 15) is 4.79 Å². The average molecular weight is 390 g/mol. The molecule has 0 saturated heterocycles. The molecule has 0 bridgehead atoms. The average Bonchev–Trinajstić information content (AvgIpc) is 2.64. The highest BCUT2D eigenvalue weighted by molar-refractivity contribution is 6.42. The number of nitrogens with two attached hydrogens (primary N) is 2. The van der Waals surface area contributed by atoms with Gasteiger partial charge in [0, 0.05) is 5.39 Å². The van der Waals surface area contributed by atoms with E-state index in [0.29, 0.717) is 38.8 Å². The molecule has 1 heterocycles. The molecule has 0 radical (unpaired) electrons. The number of carbonyl (C=O) groups excluding carboxylic acids is 1. The monoisotopic (exact) mass is 389 g/mol. The highest BCUT2D eigenvalue weighted by atomic mass is 35.5. The van der Waals surface area contributed by atoms with Gasteiger partial charge in [0.25, 0.3) is 5.91 Å². The Balaban J connectivity index is 2.11. The van der Waals surface area contributed by atoms with Crippen molar-refractivity contribution in [3.05, 3.63) is 63.9 Å². The molecule has 8 heteroatoms. The number of rotatable bonds is 5. The van der Waals surface area contributed by atoms with E-state index in [0.717, 1.165) is 5.56 Å². The van der Waals surface area contributed by atoms with Crippen molar-refractivity contribution < 1.29 is 4.79 Å². The number of halogens is 2. The number of hydrogen-bond acceptors (Lipinski definition) is 5. The topological polar surface area (TPSA) is 98.1 Å². The SMILES string of the molecule is CCC(c1ccc(Cl)c(Cl)c1)N(N)c1ncnc2c(C(N)=O)cccc12. The first-order chi connectivity index (χ1) is 12.4. The van der Waals surface area contributed by atoms with Gasteiger partial charge in [-0.3, -0.25) is 9.80 Å². The quantitative estimate of drug-likeness (QED) is 0.509. The van der Waals surface area contributed by atoms with Crippen LogP contribution in [0.1, 0.15) is 35.3 Å². The molecule has 0 fully saturated rings. The maximum Gasteiger partial charge on any atom is 0.250 e. The number of fused-ring (bicyclic) bond motifs is 1. The second-order valence-electron chi connectivity index (χ2n) is 5.77. The Morgan fingerprint density at radius 1 is 1.19 bits per heavy atom. The van der Waals surface area contributed by atoms with Gasteiger partial charge in [-0.1, -0.05) is 42.3 Å². The summed E-state index contributed by atoms with van der Waals surface area (Å²) in [7, 11) is 0. The fraction of sp³-hybridized carbons (Fsp3) is 0.167. The zero-order valence-corrected chi connectivity index (χ0v) is 15.5. The lowest BCUT2D eigenvalue weighted by atomic mass is 10.0. The summed E-state index contributed by atoms with van der Waals surface area (Å²) < 4.78 is 0. The molecule has 4 N–H and O–H groups in total. The zero-order valence-electron chi connectivity index (χ0n) is 14.0. The van der Waals surface area contributed by atoms with Gasteiger partial charge in [0.2, 0.25) is 0 Å². The molecule has 134 valence electrons. The summed E-state index contributed by atoms with van der Waals surface area (Å²) in [5.41, 5.74) is 7.13. The summed E-state index contributed by atoms with van der Waals surface area (Å²) in [4.78, 5) is 20.2. The van der Waals surface area contributed by atoms with E-state index < -0.39 is 5.91 Å². The van der Waals surface area contributed by atoms with Crippen LogP contribution in [0.15, 0.2) is 42.7 Å². The maximum absolute atomic E-state index is 11.7. The van der Waals surface area contributed by atoms with Crippen LogP contribution in [0.3, 0.4) is 0 Å². The molecule has 26 heavy (non-hydrogen) atoms. The van der Waals surface area contributed by atoms with Gasteiger partial charge in [0.15, 0.2) is 5.82 Å². The van der Waals surface area contributed by atoms with Gasteiger partial charge < -0.3 is 5.73 Å². The minimum absolute atomic E-state index is 0.194. The predicted octanol–water partition coefficient (Wildman–Crippen LogP) is 3.87. The van der Waals surface area contributed by atoms with Crippen molar-refractivity contribution in [2.75, 3.05) is 5.01 Å². The highest BCUT2D eigenvalue weighted by Gasteiger charge is 2.21. The van der Waals surface area contributed by atoms with Crippen LogP contribution in [-0.4, -0.2) is 15.9 Å². The molecule has 0 aliphatic heterocycles. The smallest absolute Gasteiger partial charge is 0.250 e. The van der Waals surface area contributed by atoms with Crippen molar-refractivity contribution in [2.45, 2.75) is 19.4 Å². The minimum Gasteiger partial charge on any atom is -0.366 e. The van der Waals surface area contributed by atoms with E-state index in [1.165, 1.54) is 6.33 Å². The normalized spacial score (nSPS) is 12.2. The molecule has 0 aliphatic rings. The lowest BCUT2D eigenvalue weighted by Gasteiger charge is -2.29. The maximum atomic E-state index is 11.7. The van der Waals surface area contributed by atoms with Gasteiger partial charge in [-0.25, -0.2) is 15.8 Å². The molecule has 1 atom stereocenters. The molecule has 2 aromatic carbocycles. The highest BCUT2D eigenvalue weighted by Crippen LogP contribution is 2.33. The Hall–Kier alpha value is -2.41. The van der Waals surface area contributed by atoms with Crippen LogP contribution in [0.25, 0.3) is 10.9 Å². The van der Waals surface area contributed by atoms with E-state index in [1.807, 2.05) is 13.0 Å². The Bertz CT molecular complexity index is 979. The first-order valence-corrected chi connectivity index (χ1v) is 8.72. The Kier molecular flexibility index (Phi) is 5.27. The van der Waals surface area contributed by atoms with Crippen LogP contribution in [0, 0.1) is 0 Å².